The van der Waals surface area contributed by atoms with Gasteiger partial charge in [0.05, 0.1) is 6.10 Å². The van der Waals surface area contributed by atoms with E-state index in [1.807, 2.05) is 6.92 Å². The summed E-state index contributed by atoms with van der Waals surface area (Å²) in [6.07, 6.45) is 5.00. The smallest absolute Gasteiger partial charge is 0.333 e. The fourth-order valence-electron chi connectivity index (χ4n) is 7.01. The molecule has 3 fully saturated rings. The largest absolute Gasteiger partial charge is 0.426 e. The normalized spacial score (nSPS) is 54.9. The number of carbonyl (C=O) groups excluding carboxylic acids is 1. The van der Waals surface area contributed by atoms with Gasteiger partial charge in [-0.1, -0.05) is 27.2 Å². The molecule has 0 amide bonds. The van der Waals surface area contributed by atoms with Crippen LogP contribution >= 0.6 is 0 Å². The Bertz CT molecular complexity index is 630. The Hall–Kier alpha value is -0.910. The zero-order valence-electron chi connectivity index (χ0n) is 15.4. The summed E-state index contributed by atoms with van der Waals surface area (Å²) < 4.78 is 5.30. The summed E-state index contributed by atoms with van der Waals surface area (Å²) >= 11 is 0. The van der Waals surface area contributed by atoms with E-state index in [2.05, 4.69) is 13.8 Å². The third kappa shape index (κ3) is 2.22. The van der Waals surface area contributed by atoms with Crippen molar-refractivity contribution in [3.8, 4) is 0 Å². The maximum absolute atomic E-state index is 11.8. The summed E-state index contributed by atoms with van der Waals surface area (Å²) in [5.41, 5.74) is 0.345. The molecule has 0 aromatic rings. The molecule has 1 aliphatic heterocycles. The van der Waals surface area contributed by atoms with E-state index in [0.29, 0.717) is 18.4 Å². The highest BCUT2D eigenvalue weighted by molar-refractivity contribution is 5.86. The van der Waals surface area contributed by atoms with Crippen molar-refractivity contribution in [1.82, 2.24) is 0 Å². The molecule has 0 aromatic carbocycles. The Morgan fingerprint density at radius 2 is 2.04 bits per heavy atom. The van der Waals surface area contributed by atoms with Crippen LogP contribution in [0.1, 0.15) is 52.9 Å². The molecular weight excluding hydrogens is 320 g/mol. The van der Waals surface area contributed by atoms with Gasteiger partial charge in [-0.15, -0.1) is 0 Å². The Morgan fingerprint density at radius 3 is 2.72 bits per heavy atom. The van der Waals surface area contributed by atoms with Crippen LogP contribution in [-0.2, 0) is 9.53 Å². The van der Waals surface area contributed by atoms with Gasteiger partial charge in [0.15, 0.2) is 0 Å². The summed E-state index contributed by atoms with van der Waals surface area (Å²) in [7, 11) is 0. The molecule has 25 heavy (non-hydrogen) atoms. The molecule has 0 bridgehead atoms. The van der Waals surface area contributed by atoms with Crippen LogP contribution in [0.15, 0.2) is 11.6 Å². The lowest BCUT2D eigenvalue weighted by Gasteiger charge is -2.64. The maximum Gasteiger partial charge on any atom is 0.333 e. The summed E-state index contributed by atoms with van der Waals surface area (Å²) in [6.45, 7) is 6.51. The highest BCUT2D eigenvalue weighted by Crippen LogP contribution is 2.66. The molecule has 0 unspecified atom stereocenters. The van der Waals surface area contributed by atoms with Crippen LogP contribution in [-0.4, -0.2) is 39.8 Å². The second kappa shape index (κ2) is 5.30. The van der Waals surface area contributed by atoms with E-state index >= 15 is 0 Å². The lowest BCUT2D eigenvalue weighted by atomic mass is 9.42. The Morgan fingerprint density at radius 1 is 1.32 bits per heavy atom. The molecule has 5 nitrogen and oxygen atoms in total. The van der Waals surface area contributed by atoms with Gasteiger partial charge in [0.2, 0.25) is 5.79 Å². The number of ether oxygens (including phenoxy) is 1. The van der Waals surface area contributed by atoms with Gasteiger partial charge in [-0.2, -0.15) is 0 Å². The highest BCUT2D eigenvalue weighted by atomic mass is 16.7. The lowest BCUT2D eigenvalue weighted by molar-refractivity contribution is -0.237. The monoisotopic (exact) mass is 350 g/mol. The molecule has 0 radical (unpaired) electrons. The number of carbonyl (C=O) groups is 1. The van der Waals surface area contributed by atoms with Gasteiger partial charge in [-0.05, 0) is 53.8 Å². The van der Waals surface area contributed by atoms with E-state index in [4.69, 9.17) is 4.74 Å². The van der Waals surface area contributed by atoms with Crippen molar-refractivity contribution in [2.24, 2.45) is 34.5 Å². The fourth-order valence-corrected chi connectivity index (χ4v) is 7.01. The quantitative estimate of drug-likeness (QED) is 0.630. The van der Waals surface area contributed by atoms with Crippen LogP contribution in [0, 0.1) is 34.5 Å². The van der Waals surface area contributed by atoms with Gasteiger partial charge in [0.25, 0.3) is 0 Å². The molecule has 0 spiro atoms. The lowest BCUT2D eigenvalue weighted by Crippen LogP contribution is -2.62. The molecule has 8 atom stereocenters. The van der Waals surface area contributed by atoms with Crippen LogP contribution in [0.3, 0.4) is 0 Å². The summed E-state index contributed by atoms with van der Waals surface area (Å²) in [4.78, 5) is 11.8. The molecule has 1 heterocycles. The average Bonchev–Trinajstić information content (AvgIpc) is 2.85. The maximum atomic E-state index is 11.8. The second-order valence-electron chi connectivity index (χ2n) is 9.51. The molecule has 4 aliphatic rings. The van der Waals surface area contributed by atoms with Gasteiger partial charge in [0, 0.05) is 24.7 Å². The van der Waals surface area contributed by atoms with E-state index in [0.717, 1.165) is 19.3 Å². The molecule has 140 valence electrons. The van der Waals surface area contributed by atoms with Crippen molar-refractivity contribution in [2.45, 2.75) is 64.8 Å². The van der Waals surface area contributed by atoms with Gasteiger partial charge >= 0.3 is 5.97 Å². The topological polar surface area (TPSA) is 87.0 Å². The van der Waals surface area contributed by atoms with Crippen molar-refractivity contribution >= 4 is 5.97 Å². The van der Waals surface area contributed by atoms with Crippen LogP contribution < -0.4 is 0 Å². The van der Waals surface area contributed by atoms with Crippen LogP contribution in [0.25, 0.3) is 0 Å². The number of fused-ring (bicyclic) bond motifs is 4. The third-order valence-electron chi connectivity index (χ3n) is 8.25. The van der Waals surface area contributed by atoms with Crippen molar-refractivity contribution in [1.29, 1.82) is 0 Å². The molecule has 3 aliphatic carbocycles. The Kier molecular flexibility index (Phi) is 3.71. The zero-order valence-corrected chi connectivity index (χ0v) is 15.4. The number of aliphatic hydroxyl groups is 3. The van der Waals surface area contributed by atoms with Crippen molar-refractivity contribution in [3.05, 3.63) is 11.6 Å². The van der Waals surface area contributed by atoms with Gasteiger partial charge in [0.1, 0.15) is 0 Å². The SMILES string of the molecule is C[C@@H]1C2=CC(=O)O[C@]2(O)C[C@@H]2[C@H]1[C@H](O)C[C@@H]1[C@@](C)(CO)CCC[C@]21C. The predicted molar refractivity (Wildman–Crippen MR) is 91.2 cm³/mol. The van der Waals surface area contributed by atoms with Crippen molar-refractivity contribution in [2.75, 3.05) is 6.61 Å². The van der Waals surface area contributed by atoms with Gasteiger partial charge in [-0.3, -0.25) is 0 Å². The average molecular weight is 350 g/mol. The van der Waals surface area contributed by atoms with Gasteiger partial charge in [-0.25, -0.2) is 4.79 Å². The fraction of sp³-hybridized carbons (Fsp3) is 0.850. The Balaban J connectivity index is 1.78. The minimum atomic E-state index is -1.52. The first-order chi connectivity index (χ1) is 11.6. The van der Waals surface area contributed by atoms with E-state index in [9.17, 15) is 20.1 Å². The zero-order chi connectivity index (χ0) is 18.2. The van der Waals surface area contributed by atoms with Crippen LogP contribution in [0.2, 0.25) is 0 Å². The number of esters is 1. The molecule has 5 heteroatoms. The molecule has 3 saturated carbocycles. The minimum Gasteiger partial charge on any atom is -0.426 e. The van der Waals surface area contributed by atoms with E-state index in [-0.39, 0.29) is 41.1 Å². The second-order valence-corrected chi connectivity index (χ2v) is 9.51. The van der Waals surface area contributed by atoms with Crippen molar-refractivity contribution < 1.29 is 24.9 Å². The molecule has 0 saturated heterocycles. The third-order valence-corrected chi connectivity index (χ3v) is 8.25. The first kappa shape index (κ1) is 17.5. The number of hydrogen-bond acceptors (Lipinski definition) is 5. The van der Waals surface area contributed by atoms with Crippen LogP contribution in [0.4, 0.5) is 0 Å². The minimum absolute atomic E-state index is 0.0170. The van der Waals surface area contributed by atoms with E-state index in [1.165, 1.54) is 6.08 Å². The first-order valence-electron chi connectivity index (χ1n) is 9.61. The summed E-state index contributed by atoms with van der Waals surface area (Å²) in [5.74, 6) is -1.81. The van der Waals surface area contributed by atoms with Gasteiger partial charge < -0.3 is 20.1 Å². The van der Waals surface area contributed by atoms with E-state index < -0.39 is 17.9 Å². The number of aliphatic hydroxyl groups excluding tert-OH is 2. The molecule has 0 aromatic heterocycles. The van der Waals surface area contributed by atoms with E-state index in [1.54, 1.807) is 0 Å². The molecular formula is C20H30O5. The standard InChI is InChI=1S/C20H30O5/c1-11-12-7-16(23)25-20(12,24)9-13-17(11)14(22)8-15-18(2,10-21)5-4-6-19(13,15)3/h7,11,13-15,17,21-22,24H,4-6,8-10H2,1-3H3/t11-,13-,14-,15-,17+,18-,19-,20-/m1/s1. The molecule has 4 rings (SSSR count). The summed E-state index contributed by atoms with van der Waals surface area (Å²) in [6, 6.07) is 0. The first-order valence-corrected chi connectivity index (χ1v) is 9.61. The number of rotatable bonds is 1. The Labute approximate surface area is 149 Å². The van der Waals surface area contributed by atoms with Crippen LogP contribution in [0.5, 0.6) is 0 Å². The number of hydrogen-bond donors (Lipinski definition) is 3. The molecule has 3 N–H and O–H groups in total. The predicted octanol–water partition coefficient (Wildman–Crippen LogP) is 2.00. The van der Waals surface area contributed by atoms with Crippen molar-refractivity contribution in [3.63, 3.8) is 0 Å². The summed E-state index contributed by atoms with van der Waals surface area (Å²) in [5, 5.41) is 32.1. The highest BCUT2D eigenvalue weighted by Gasteiger charge is 2.65.